The lowest BCUT2D eigenvalue weighted by Crippen LogP contribution is -2.29. The average Bonchev–Trinajstić information content (AvgIpc) is 2.18. The van der Waals surface area contributed by atoms with E-state index in [-0.39, 0.29) is 0 Å². The van der Waals surface area contributed by atoms with E-state index >= 15 is 0 Å². The summed E-state index contributed by atoms with van der Waals surface area (Å²) in [5.74, 6) is 0. The van der Waals surface area contributed by atoms with Crippen molar-refractivity contribution in [1.82, 2.24) is 0 Å². The van der Waals surface area contributed by atoms with Crippen molar-refractivity contribution >= 4 is 8.07 Å². The highest BCUT2D eigenvalue weighted by atomic mass is 28.3. The van der Waals surface area contributed by atoms with Crippen LogP contribution >= 0.6 is 0 Å². The Morgan fingerprint density at radius 1 is 1.13 bits per heavy atom. The van der Waals surface area contributed by atoms with Gasteiger partial charge in [0, 0.05) is 0 Å². The van der Waals surface area contributed by atoms with Gasteiger partial charge in [-0.15, -0.1) is 0 Å². The molecule has 0 aliphatic carbocycles. The van der Waals surface area contributed by atoms with Crippen molar-refractivity contribution in [3.05, 3.63) is 60.7 Å². The van der Waals surface area contributed by atoms with Crippen LogP contribution in [0, 0.1) is 0 Å². The second kappa shape index (κ2) is 5.13. The Bertz CT molecular complexity index is 330. The Balaban J connectivity index is 3.02. The summed E-state index contributed by atoms with van der Waals surface area (Å²) in [6.45, 7) is 10.9. The van der Waals surface area contributed by atoms with Gasteiger partial charge < -0.3 is 0 Å². The van der Waals surface area contributed by atoms with Crippen LogP contribution in [-0.4, -0.2) is 8.07 Å². The van der Waals surface area contributed by atoms with Crippen molar-refractivity contribution in [2.75, 3.05) is 0 Å². The largest absolute Gasteiger partial charge is 0.0991 e. The van der Waals surface area contributed by atoms with Gasteiger partial charge >= 0.3 is 0 Å². The summed E-state index contributed by atoms with van der Waals surface area (Å²) < 4.78 is 0. The van der Waals surface area contributed by atoms with Gasteiger partial charge in [0.15, 0.2) is 0 Å². The predicted molar refractivity (Wildman–Crippen MR) is 71.9 cm³/mol. The number of allylic oxidation sites excluding steroid dienone is 3. The van der Waals surface area contributed by atoms with Crippen molar-refractivity contribution in [3.63, 3.8) is 0 Å². The molecule has 15 heavy (non-hydrogen) atoms. The molecule has 0 aliphatic heterocycles. The zero-order valence-electron chi connectivity index (χ0n) is 9.90. The Kier molecular flexibility index (Phi) is 4.10. The third-order valence-corrected chi connectivity index (χ3v) is 4.92. The van der Waals surface area contributed by atoms with E-state index in [0.717, 1.165) is 0 Å². The molecule has 0 fully saturated rings. The second-order valence-corrected chi connectivity index (χ2v) is 10.2. The standard InChI is InChI=1S/C14H20Si/c1-5-6-12-14(15(2,3)4)13-10-8-7-9-11-13/h5-12,14H,1H2,2-4H3/b12-6+. The van der Waals surface area contributed by atoms with Crippen LogP contribution < -0.4 is 0 Å². The maximum atomic E-state index is 3.74. The summed E-state index contributed by atoms with van der Waals surface area (Å²) in [6, 6.07) is 10.7. The third kappa shape index (κ3) is 3.52. The Hall–Kier alpha value is -1.08. The lowest BCUT2D eigenvalue weighted by Gasteiger charge is -2.26. The molecule has 0 heterocycles. The maximum absolute atomic E-state index is 3.74. The molecule has 0 radical (unpaired) electrons. The number of hydrogen-bond acceptors (Lipinski definition) is 0. The maximum Gasteiger partial charge on any atom is 0.0565 e. The molecule has 0 nitrogen and oxygen atoms in total. The van der Waals surface area contributed by atoms with Crippen LogP contribution in [0.15, 0.2) is 55.1 Å². The fourth-order valence-electron chi connectivity index (χ4n) is 1.75. The summed E-state index contributed by atoms with van der Waals surface area (Å²) in [5, 5.41) is 0. The number of rotatable bonds is 4. The summed E-state index contributed by atoms with van der Waals surface area (Å²) in [4.78, 5) is 0. The summed E-state index contributed by atoms with van der Waals surface area (Å²) in [7, 11) is -1.20. The van der Waals surface area contributed by atoms with Crippen molar-refractivity contribution in [3.8, 4) is 0 Å². The van der Waals surface area contributed by atoms with Crippen molar-refractivity contribution in [2.24, 2.45) is 0 Å². The summed E-state index contributed by atoms with van der Waals surface area (Å²) in [5.41, 5.74) is 2.01. The van der Waals surface area contributed by atoms with Crippen LogP contribution in [0.2, 0.25) is 19.6 Å². The van der Waals surface area contributed by atoms with E-state index in [0.29, 0.717) is 5.54 Å². The lowest BCUT2D eigenvalue weighted by atomic mass is 10.1. The smallest absolute Gasteiger partial charge is 0.0565 e. The molecular formula is C14H20Si. The highest BCUT2D eigenvalue weighted by molar-refractivity contribution is 6.78. The Morgan fingerprint density at radius 3 is 2.20 bits per heavy atom. The van der Waals surface area contributed by atoms with E-state index in [1.165, 1.54) is 5.56 Å². The molecule has 80 valence electrons. The quantitative estimate of drug-likeness (QED) is 0.517. The minimum absolute atomic E-state index is 0.580. The first kappa shape index (κ1) is 12.0. The van der Waals surface area contributed by atoms with Crippen molar-refractivity contribution in [1.29, 1.82) is 0 Å². The van der Waals surface area contributed by atoms with Crippen LogP contribution in [0.25, 0.3) is 0 Å². The van der Waals surface area contributed by atoms with Crippen LogP contribution in [0.3, 0.4) is 0 Å². The fourth-order valence-corrected chi connectivity index (χ4v) is 3.63. The van der Waals surface area contributed by atoms with Crippen LogP contribution in [0.4, 0.5) is 0 Å². The first-order valence-corrected chi connectivity index (χ1v) is 8.97. The molecule has 1 atom stereocenters. The first-order valence-electron chi connectivity index (χ1n) is 5.40. The molecule has 0 aromatic heterocycles. The molecule has 0 aliphatic rings. The Labute approximate surface area is 94.4 Å². The van der Waals surface area contributed by atoms with Gasteiger partial charge in [-0.3, -0.25) is 0 Å². The monoisotopic (exact) mass is 216 g/mol. The van der Waals surface area contributed by atoms with Gasteiger partial charge in [0.05, 0.1) is 8.07 Å². The van der Waals surface area contributed by atoms with Gasteiger partial charge in [-0.1, -0.05) is 74.8 Å². The second-order valence-electron chi connectivity index (χ2n) is 4.87. The van der Waals surface area contributed by atoms with E-state index < -0.39 is 8.07 Å². The van der Waals surface area contributed by atoms with Gasteiger partial charge in [0.25, 0.3) is 0 Å². The molecule has 0 bridgehead atoms. The zero-order chi connectivity index (χ0) is 11.3. The minimum atomic E-state index is -1.20. The molecule has 1 aromatic rings. The predicted octanol–water partition coefficient (Wildman–Crippen LogP) is 4.39. The van der Waals surface area contributed by atoms with Gasteiger partial charge in [-0.2, -0.15) is 0 Å². The highest BCUT2D eigenvalue weighted by Crippen LogP contribution is 2.28. The van der Waals surface area contributed by atoms with Crippen LogP contribution in [-0.2, 0) is 0 Å². The normalized spacial score (nSPS) is 14.1. The molecule has 0 spiro atoms. The highest BCUT2D eigenvalue weighted by Gasteiger charge is 2.25. The van der Waals surface area contributed by atoms with Crippen molar-refractivity contribution < 1.29 is 0 Å². The van der Waals surface area contributed by atoms with Crippen molar-refractivity contribution in [2.45, 2.75) is 25.2 Å². The van der Waals surface area contributed by atoms with Gasteiger partial charge in [0.1, 0.15) is 0 Å². The lowest BCUT2D eigenvalue weighted by molar-refractivity contribution is 1.13. The van der Waals surface area contributed by atoms with Gasteiger partial charge in [0.2, 0.25) is 0 Å². The van der Waals surface area contributed by atoms with E-state index in [1.807, 2.05) is 6.08 Å². The number of benzene rings is 1. The molecule has 0 saturated carbocycles. The summed E-state index contributed by atoms with van der Waals surface area (Å²) in [6.07, 6.45) is 6.21. The molecule has 1 heteroatoms. The molecule has 1 unspecified atom stereocenters. The van der Waals surface area contributed by atoms with E-state index in [1.54, 1.807) is 0 Å². The number of hydrogen-bond donors (Lipinski definition) is 0. The third-order valence-electron chi connectivity index (χ3n) is 2.53. The first-order chi connectivity index (χ1) is 7.05. The fraction of sp³-hybridized carbons (Fsp3) is 0.286. The average molecular weight is 216 g/mol. The molecule has 0 saturated heterocycles. The topological polar surface area (TPSA) is 0 Å². The van der Waals surface area contributed by atoms with Gasteiger partial charge in [-0.25, -0.2) is 0 Å². The molecule has 1 rings (SSSR count). The zero-order valence-corrected chi connectivity index (χ0v) is 10.9. The molecular weight excluding hydrogens is 196 g/mol. The van der Waals surface area contributed by atoms with E-state index in [9.17, 15) is 0 Å². The Morgan fingerprint density at radius 2 is 1.73 bits per heavy atom. The molecule has 0 N–H and O–H groups in total. The van der Waals surface area contributed by atoms with E-state index in [2.05, 4.69) is 68.7 Å². The van der Waals surface area contributed by atoms with Gasteiger partial charge in [-0.05, 0) is 11.1 Å². The van der Waals surface area contributed by atoms with E-state index in [4.69, 9.17) is 0 Å². The molecule has 1 aromatic carbocycles. The minimum Gasteiger partial charge on any atom is -0.0991 e. The summed E-state index contributed by atoms with van der Waals surface area (Å²) >= 11 is 0. The van der Waals surface area contributed by atoms with Crippen LogP contribution in [0.5, 0.6) is 0 Å². The SMILES string of the molecule is C=C/C=C/C(c1ccccc1)[Si](C)(C)C. The van der Waals surface area contributed by atoms with Crippen LogP contribution in [0.1, 0.15) is 11.1 Å². The molecule has 0 amide bonds.